The maximum Gasteiger partial charge on any atom is 0.230 e. The minimum absolute atomic E-state index is 0.134. The first-order chi connectivity index (χ1) is 11.5. The molecule has 0 bridgehead atoms. The molecule has 0 aliphatic heterocycles. The SMILES string of the molecule is O=C(Cc1ccccc1F)Nc1ccn(-c2ccc(F)c(F)c2)n1. The summed E-state index contributed by atoms with van der Waals surface area (Å²) in [5, 5.41) is 6.59. The fourth-order valence-electron chi connectivity index (χ4n) is 2.16. The predicted molar refractivity (Wildman–Crippen MR) is 82.2 cm³/mol. The van der Waals surface area contributed by atoms with Gasteiger partial charge in [-0.05, 0) is 23.8 Å². The lowest BCUT2D eigenvalue weighted by molar-refractivity contribution is -0.115. The van der Waals surface area contributed by atoms with E-state index in [1.807, 2.05) is 0 Å². The molecule has 0 spiro atoms. The first-order valence-electron chi connectivity index (χ1n) is 7.07. The quantitative estimate of drug-likeness (QED) is 0.796. The van der Waals surface area contributed by atoms with Gasteiger partial charge in [0.2, 0.25) is 5.91 Å². The molecule has 0 saturated heterocycles. The molecular weight excluding hydrogens is 319 g/mol. The van der Waals surface area contributed by atoms with E-state index in [0.717, 1.165) is 12.1 Å². The zero-order valence-corrected chi connectivity index (χ0v) is 12.3. The van der Waals surface area contributed by atoms with Crippen molar-refractivity contribution in [2.24, 2.45) is 0 Å². The minimum Gasteiger partial charge on any atom is -0.309 e. The summed E-state index contributed by atoms with van der Waals surface area (Å²) in [6, 6.07) is 10.8. The molecular formula is C17H12F3N3O. The average Bonchev–Trinajstić information content (AvgIpc) is 3.00. The molecule has 0 fully saturated rings. The van der Waals surface area contributed by atoms with Crippen LogP contribution in [0.15, 0.2) is 54.7 Å². The number of hydrogen-bond acceptors (Lipinski definition) is 2. The highest BCUT2D eigenvalue weighted by molar-refractivity contribution is 5.91. The predicted octanol–water partition coefficient (Wildman–Crippen LogP) is 3.47. The summed E-state index contributed by atoms with van der Waals surface area (Å²) < 4.78 is 41.0. The van der Waals surface area contributed by atoms with Crippen LogP contribution in [0, 0.1) is 17.5 Å². The molecule has 1 amide bonds. The molecule has 0 saturated carbocycles. The first-order valence-corrected chi connectivity index (χ1v) is 7.07. The van der Waals surface area contributed by atoms with Gasteiger partial charge in [-0.15, -0.1) is 0 Å². The number of anilines is 1. The molecule has 4 nitrogen and oxygen atoms in total. The summed E-state index contributed by atoms with van der Waals surface area (Å²) in [6.45, 7) is 0. The number of amides is 1. The van der Waals surface area contributed by atoms with E-state index < -0.39 is 23.4 Å². The Morgan fingerprint density at radius 1 is 1.00 bits per heavy atom. The molecule has 0 atom stereocenters. The third-order valence-corrected chi connectivity index (χ3v) is 3.33. The van der Waals surface area contributed by atoms with Crippen LogP contribution in [0.5, 0.6) is 0 Å². The molecule has 3 rings (SSSR count). The van der Waals surface area contributed by atoms with Gasteiger partial charge in [0, 0.05) is 18.3 Å². The normalized spacial score (nSPS) is 10.6. The second-order valence-corrected chi connectivity index (χ2v) is 5.06. The van der Waals surface area contributed by atoms with E-state index >= 15 is 0 Å². The molecule has 1 heterocycles. The molecule has 0 unspecified atom stereocenters. The van der Waals surface area contributed by atoms with Crippen LogP contribution in [-0.2, 0) is 11.2 Å². The molecule has 0 aliphatic carbocycles. The van der Waals surface area contributed by atoms with Gasteiger partial charge < -0.3 is 5.32 Å². The third-order valence-electron chi connectivity index (χ3n) is 3.33. The van der Waals surface area contributed by atoms with Crippen LogP contribution in [0.1, 0.15) is 5.56 Å². The van der Waals surface area contributed by atoms with Crippen LogP contribution in [0.2, 0.25) is 0 Å². The lowest BCUT2D eigenvalue weighted by Gasteiger charge is -2.04. The van der Waals surface area contributed by atoms with Crippen molar-refractivity contribution in [3.05, 3.63) is 77.7 Å². The standard InChI is InChI=1S/C17H12F3N3O/c18-13-4-2-1-3-11(13)9-17(24)21-16-7-8-23(22-16)12-5-6-14(19)15(20)10-12/h1-8,10H,9H2,(H,21,22,24). The van der Waals surface area contributed by atoms with Crippen molar-refractivity contribution in [3.63, 3.8) is 0 Å². The topological polar surface area (TPSA) is 46.9 Å². The summed E-state index contributed by atoms with van der Waals surface area (Å²) in [4.78, 5) is 11.9. The number of carbonyl (C=O) groups excluding carboxylic acids is 1. The summed E-state index contributed by atoms with van der Waals surface area (Å²) in [5.41, 5.74) is 0.582. The maximum absolute atomic E-state index is 13.5. The maximum atomic E-state index is 13.5. The monoisotopic (exact) mass is 331 g/mol. The van der Waals surface area contributed by atoms with E-state index in [1.165, 1.54) is 35.1 Å². The van der Waals surface area contributed by atoms with Crippen LogP contribution >= 0.6 is 0 Å². The highest BCUT2D eigenvalue weighted by Crippen LogP contribution is 2.15. The molecule has 7 heteroatoms. The largest absolute Gasteiger partial charge is 0.309 e. The van der Waals surface area contributed by atoms with Gasteiger partial charge in [-0.25, -0.2) is 17.9 Å². The Hall–Kier alpha value is -3.09. The van der Waals surface area contributed by atoms with E-state index in [1.54, 1.807) is 12.1 Å². The Bertz CT molecular complexity index is 892. The summed E-state index contributed by atoms with van der Waals surface area (Å²) >= 11 is 0. The second kappa shape index (κ2) is 6.57. The van der Waals surface area contributed by atoms with Crippen LogP contribution in [0.25, 0.3) is 5.69 Å². The molecule has 1 aromatic heterocycles. The lowest BCUT2D eigenvalue weighted by atomic mass is 10.1. The summed E-state index contributed by atoms with van der Waals surface area (Å²) in [6.07, 6.45) is 1.36. The van der Waals surface area contributed by atoms with Crippen molar-refractivity contribution in [1.82, 2.24) is 9.78 Å². The van der Waals surface area contributed by atoms with Crippen LogP contribution in [0.3, 0.4) is 0 Å². The van der Waals surface area contributed by atoms with Gasteiger partial charge in [0.15, 0.2) is 17.5 Å². The van der Waals surface area contributed by atoms with Crippen molar-refractivity contribution in [2.75, 3.05) is 5.32 Å². The molecule has 122 valence electrons. The van der Waals surface area contributed by atoms with E-state index in [-0.39, 0.29) is 17.8 Å². The minimum atomic E-state index is -0.992. The van der Waals surface area contributed by atoms with Gasteiger partial charge in [0.1, 0.15) is 5.82 Å². The van der Waals surface area contributed by atoms with E-state index in [2.05, 4.69) is 10.4 Å². The smallest absolute Gasteiger partial charge is 0.230 e. The number of halogens is 3. The molecule has 3 aromatic rings. The van der Waals surface area contributed by atoms with Crippen LogP contribution in [0.4, 0.5) is 19.0 Å². The van der Waals surface area contributed by atoms with Crippen molar-refractivity contribution in [3.8, 4) is 5.69 Å². The van der Waals surface area contributed by atoms with E-state index in [9.17, 15) is 18.0 Å². The van der Waals surface area contributed by atoms with E-state index in [4.69, 9.17) is 0 Å². The fourth-order valence-corrected chi connectivity index (χ4v) is 2.16. The van der Waals surface area contributed by atoms with Crippen molar-refractivity contribution >= 4 is 11.7 Å². The average molecular weight is 331 g/mol. The molecule has 0 radical (unpaired) electrons. The first kappa shape index (κ1) is 15.8. The summed E-state index contributed by atoms with van der Waals surface area (Å²) in [5.74, 6) is -2.62. The Morgan fingerprint density at radius 3 is 2.54 bits per heavy atom. The number of aromatic nitrogens is 2. The van der Waals surface area contributed by atoms with Gasteiger partial charge in [0.05, 0.1) is 12.1 Å². The Kier molecular flexibility index (Phi) is 4.33. The zero-order valence-electron chi connectivity index (χ0n) is 12.3. The number of benzene rings is 2. The van der Waals surface area contributed by atoms with Gasteiger partial charge in [-0.2, -0.15) is 5.10 Å². The van der Waals surface area contributed by atoms with Crippen molar-refractivity contribution in [1.29, 1.82) is 0 Å². The summed E-state index contributed by atoms with van der Waals surface area (Å²) in [7, 11) is 0. The second-order valence-electron chi connectivity index (χ2n) is 5.06. The highest BCUT2D eigenvalue weighted by Gasteiger charge is 2.10. The number of hydrogen-bond donors (Lipinski definition) is 1. The van der Waals surface area contributed by atoms with Crippen molar-refractivity contribution in [2.45, 2.75) is 6.42 Å². The number of rotatable bonds is 4. The number of nitrogens with zero attached hydrogens (tertiary/aromatic N) is 2. The Balaban J connectivity index is 1.70. The Morgan fingerprint density at radius 2 is 1.79 bits per heavy atom. The number of carbonyl (C=O) groups is 1. The van der Waals surface area contributed by atoms with Gasteiger partial charge in [-0.3, -0.25) is 4.79 Å². The van der Waals surface area contributed by atoms with Crippen LogP contribution in [-0.4, -0.2) is 15.7 Å². The lowest BCUT2D eigenvalue weighted by Crippen LogP contribution is -2.15. The van der Waals surface area contributed by atoms with E-state index in [0.29, 0.717) is 5.69 Å². The number of nitrogens with one attached hydrogen (secondary N) is 1. The van der Waals surface area contributed by atoms with Crippen molar-refractivity contribution < 1.29 is 18.0 Å². The third kappa shape index (κ3) is 3.45. The van der Waals surface area contributed by atoms with Gasteiger partial charge in [-0.1, -0.05) is 18.2 Å². The highest BCUT2D eigenvalue weighted by atomic mass is 19.2. The van der Waals surface area contributed by atoms with Gasteiger partial charge in [0.25, 0.3) is 0 Å². The molecule has 2 aromatic carbocycles. The molecule has 1 N–H and O–H groups in total. The zero-order chi connectivity index (χ0) is 17.1. The van der Waals surface area contributed by atoms with Crippen LogP contribution < -0.4 is 5.32 Å². The fraction of sp³-hybridized carbons (Fsp3) is 0.0588. The molecule has 24 heavy (non-hydrogen) atoms. The van der Waals surface area contributed by atoms with Gasteiger partial charge >= 0.3 is 0 Å². The molecule has 0 aliphatic rings. The Labute approximate surface area is 135 Å².